The van der Waals surface area contributed by atoms with Gasteiger partial charge in [0.1, 0.15) is 16.4 Å². The molecule has 2 N–H and O–H groups in total. The lowest BCUT2D eigenvalue weighted by Crippen LogP contribution is -2.24. The van der Waals surface area contributed by atoms with E-state index in [4.69, 9.17) is 22.7 Å². The molecule has 14 heavy (non-hydrogen) atoms. The fourth-order valence-electron chi connectivity index (χ4n) is 1.30. The first-order valence-corrected chi connectivity index (χ1v) is 5.09. The lowest BCUT2D eigenvalue weighted by Gasteiger charge is -2.26. The predicted molar refractivity (Wildman–Crippen MR) is 58.4 cm³/mol. The van der Waals surface area contributed by atoms with Gasteiger partial charge in [-0.3, -0.25) is 4.98 Å². The van der Waals surface area contributed by atoms with Crippen molar-refractivity contribution in [3.05, 3.63) is 24.0 Å². The van der Waals surface area contributed by atoms with E-state index < -0.39 is 0 Å². The van der Waals surface area contributed by atoms with Gasteiger partial charge in [0.05, 0.1) is 6.10 Å². The van der Waals surface area contributed by atoms with E-state index in [1.165, 1.54) is 6.42 Å². The molecule has 0 atom stereocenters. The quantitative estimate of drug-likeness (QED) is 0.767. The van der Waals surface area contributed by atoms with Gasteiger partial charge in [-0.05, 0) is 25.3 Å². The van der Waals surface area contributed by atoms with Crippen molar-refractivity contribution in [1.82, 2.24) is 4.98 Å². The zero-order chi connectivity index (χ0) is 9.97. The molecule has 1 aromatic rings. The van der Waals surface area contributed by atoms with Gasteiger partial charge in [-0.25, -0.2) is 0 Å². The number of nitrogens with zero attached hydrogens (tertiary/aromatic N) is 1. The van der Waals surface area contributed by atoms with E-state index in [-0.39, 0.29) is 0 Å². The molecule has 0 saturated heterocycles. The van der Waals surface area contributed by atoms with Crippen molar-refractivity contribution in [3.63, 3.8) is 0 Å². The Hall–Kier alpha value is -1.16. The van der Waals surface area contributed by atoms with Crippen LogP contribution in [0.5, 0.6) is 5.75 Å². The highest BCUT2D eigenvalue weighted by Gasteiger charge is 2.19. The minimum absolute atomic E-state index is 0.309. The minimum Gasteiger partial charge on any atom is -0.490 e. The van der Waals surface area contributed by atoms with Crippen LogP contribution in [0.2, 0.25) is 0 Å². The van der Waals surface area contributed by atoms with Crippen LogP contribution in [0.4, 0.5) is 0 Å². The zero-order valence-electron chi connectivity index (χ0n) is 7.77. The second-order valence-corrected chi connectivity index (χ2v) is 3.85. The highest BCUT2D eigenvalue weighted by atomic mass is 32.1. The lowest BCUT2D eigenvalue weighted by atomic mass is 9.96. The van der Waals surface area contributed by atoms with Crippen LogP contribution in [0.1, 0.15) is 25.0 Å². The van der Waals surface area contributed by atoms with Crippen LogP contribution in [-0.4, -0.2) is 16.1 Å². The largest absolute Gasteiger partial charge is 0.490 e. The molecule has 0 spiro atoms. The van der Waals surface area contributed by atoms with Gasteiger partial charge in [-0.1, -0.05) is 12.2 Å². The fourth-order valence-corrected chi connectivity index (χ4v) is 1.41. The summed E-state index contributed by atoms with van der Waals surface area (Å²) in [6.07, 6.45) is 5.59. The topological polar surface area (TPSA) is 48.1 Å². The smallest absolute Gasteiger partial charge is 0.123 e. The van der Waals surface area contributed by atoms with Gasteiger partial charge in [0.15, 0.2) is 0 Å². The molecule has 1 heterocycles. The Bertz CT molecular complexity index is 350. The van der Waals surface area contributed by atoms with Crippen LogP contribution >= 0.6 is 12.2 Å². The third-order valence-corrected chi connectivity index (χ3v) is 2.55. The number of rotatable bonds is 3. The molecule has 3 nitrogen and oxygen atoms in total. The molecule has 0 aromatic carbocycles. The fraction of sp³-hybridized carbons (Fsp3) is 0.400. The molecule has 1 aromatic heterocycles. The van der Waals surface area contributed by atoms with Crippen molar-refractivity contribution in [3.8, 4) is 5.75 Å². The molecule has 1 saturated carbocycles. The molecule has 1 fully saturated rings. The Balaban J connectivity index is 2.09. The number of aromatic nitrogens is 1. The van der Waals surface area contributed by atoms with Crippen LogP contribution in [0.3, 0.4) is 0 Å². The molecule has 0 bridgehead atoms. The molecule has 0 amide bonds. The first-order valence-electron chi connectivity index (χ1n) is 4.68. The minimum atomic E-state index is 0.309. The van der Waals surface area contributed by atoms with E-state index in [1.54, 1.807) is 12.3 Å². The Labute approximate surface area is 88.3 Å². The average molecular weight is 208 g/mol. The molecule has 0 aliphatic heterocycles. The molecular weight excluding hydrogens is 196 g/mol. The third kappa shape index (κ3) is 2.01. The summed E-state index contributed by atoms with van der Waals surface area (Å²) in [6.45, 7) is 0. The van der Waals surface area contributed by atoms with E-state index >= 15 is 0 Å². The maximum atomic E-state index is 5.69. The van der Waals surface area contributed by atoms with Crippen molar-refractivity contribution in [2.24, 2.45) is 5.73 Å². The van der Waals surface area contributed by atoms with Crippen LogP contribution in [-0.2, 0) is 0 Å². The number of thiocarbonyl (C=S) groups is 1. The molecule has 0 unspecified atom stereocenters. The van der Waals surface area contributed by atoms with Crippen LogP contribution < -0.4 is 10.5 Å². The van der Waals surface area contributed by atoms with Gasteiger partial charge in [0.25, 0.3) is 0 Å². The van der Waals surface area contributed by atoms with Gasteiger partial charge in [0.2, 0.25) is 0 Å². The number of hydrogen-bond acceptors (Lipinski definition) is 3. The third-order valence-electron chi connectivity index (χ3n) is 2.34. The Morgan fingerprint density at radius 3 is 2.93 bits per heavy atom. The molecule has 1 aliphatic rings. The van der Waals surface area contributed by atoms with Crippen molar-refractivity contribution in [2.45, 2.75) is 25.4 Å². The standard InChI is InChI=1S/C10H12N2OS/c11-10(14)9-6-8(4-5-12-9)13-7-2-1-3-7/h4-7H,1-3H2,(H2,11,14). The normalized spacial score (nSPS) is 16.0. The Morgan fingerprint density at radius 2 is 2.36 bits per heavy atom. The predicted octanol–water partition coefficient (Wildman–Crippen LogP) is 1.65. The Kier molecular flexibility index (Phi) is 2.63. The monoisotopic (exact) mass is 208 g/mol. The van der Waals surface area contributed by atoms with E-state index in [0.717, 1.165) is 18.6 Å². The second kappa shape index (κ2) is 3.92. The van der Waals surface area contributed by atoms with Gasteiger partial charge >= 0.3 is 0 Å². The zero-order valence-corrected chi connectivity index (χ0v) is 8.59. The number of hydrogen-bond donors (Lipinski definition) is 1. The molecule has 0 radical (unpaired) electrons. The number of pyridine rings is 1. The summed E-state index contributed by atoms with van der Waals surface area (Å²) < 4.78 is 5.69. The molecule has 1 aliphatic carbocycles. The van der Waals surface area contributed by atoms with Crippen LogP contribution in [0, 0.1) is 0 Å². The summed E-state index contributed by atoms with van der Waals surface area (Å²) in [6, 6.07) is 3.63. The van der Waals surface area contributed by atoms with Crippen LogP contribution in [0.15, 0.2) is 18.3 Å². The van der Waals surface area contributed by atoms with Gasteiger partial charge in [-0.15, -0.1) is 0 Å². The molecule has 74 valence electrons. The summed E-state index contributed by atoms with van der Waals surface area (Å²) in [7, 11) is 0. The lowest BCUT2D eigenvalue weighted by molar-refractivity contribution is 0.120. The second-order valence-electron chi connectivity index (χ2n) is 3.41. The first-order chi connectivity index (χ1) is 6.75. The SMILES string of the molecule is NC(=S)c1cc(OC2CCC2)ccn1. The first kappa shape index (κ1) is 9.40. The number of ether oxygens (including phenoxy) is 1. The molecule has 4 heteroatoms. The van der Waals surface area contributed by atoms with E-state index in [9.17, 15) is 0 Å². The summed E-state index contributed by atoms with van der Waals surface area (Å²) >= 11 is 4.84. The Morgan fingerprint density at radius 1 is 1.57 bits per heavy atom. The van der Waals surface area contributed by atoms with Crippen molar-refractivity contribution < 1.29 is 4.74 Å². The van der Waals surface area contributed by atoms with Gasteiger partial charge in [-0.2, -0.15) is 0 Å². The summed E-state index contributed by atoms with van der Waals surface area (Å²) in [5.41, 5.74) is 6.10. The van der Waals surface area contributed by atoms with E-state index in [1.807, 2.05) is 6.07 Å². The highest BCUT2D eigenvalue weighted by molar-refractivity contribution is 7.80. The average Bonchev–Trinajstić information content (AvgIpc) is 2.12. The van der Waals surface area contributed by atoms with Crippen molar-refractivity contribution in [1.29, 1.82) is 0 Å². The highest BCUT2D eigenvalue weighted by Crippen LogP contribution is 2.24. The maximum Gasteiger partial charge on any atom is 0.123 e. The van der Waals surface area contributed by atoms with Crippen molar-refractivity contribution >= 4 is 17.2 Å². The summed E-state index contributed by atoms with van der Waals surface area (Å²) in [5, 5.41) is 0. The van der Waals surface area contributed by atoms with E-state index in [0.29, 0.717) is 16.8 Å². The summed E-state index contributed by atoms with van der Waals surface area (Å²) in [5.74, 6) is 0.813. The van der Waals surface area contributed by atoms with Gasteiger partial charge < -0.3 is 10.5 Å². The maximum absolute atomic E-state index is 5.69. The van der Waals surface area contributed by atoms with Crippen molar-refractivity contribution in [2.75, 3.05) is 0 Å². The number of nitrogens with two attached hydrogens (primary N) is 1. The van der Waals surface area contributed by atoms with Crippen LogP contribution in [0.25, 0.3) is 0 Å². The van der Waals surface area contributed by atoms with E-state index in [2.05, 4.69) is 4.98 Å². The summed E-state index contributed by atoms with van der Waals surface area (Å²) in [4.78, 5) is 4.35. The molecular formula is C10H12N2OS. The molecule has 2 rings (SSSR count). The van der Waals surface area contributed by atoms with Gasteiger partial charge in [0, 0.05) is 12.3 Å².